The van der Waals surface area contributed by atoms with Crippen LogP contribution in [-0.2, 0) is 28.5 Å². The van der Waals surface area contributed by atoms with Gasteiger partial charge < -0.3 is 86.8 Å². The third kappa shape index (κ3) is 9.16. The van der Waals surface area contributed by atoms with Crippen LogP contribution in [0.15, 0.2) is 0 Å². The highest BCUT2D eigenvalue weighted by atomic mass is 16.7. The Morgan fingerprint density at radius 3 is 1.76 bits per heavy atom. The summed E-state index contributed by atoms with van der Waals surface area (Å²) in [6, 6.07) is -3.87. The molecule has 3 heterocycles. The number of carbonyl (C=O) groups is 1. The first-order valence-corrected chi connectivity index (χ1v) is 15.8. The predicted octanol–water partition coefficient (Wildman–Crippen LogP) is -5.77. The normalized spacial score (nSPS) is 45.6. The smallest absolute Gasteiger partial charge is 0.176 e. The Bertz CT molecular complexity index is 919. The molecule has 0 radical (unpaired) electrons. The van der Waals surface area contributed by atoms with Crippen molar-refractivity contribution in [3.8, 4) is 0 Å². The van der Waals surface area contributed by atoms with Gasteiger partial charge in [0.15, 0.2) is 18.9 Å². The minimum absolute atomic E-state index is 0.0310. The maximum Gasteiger partial charge on any atom is 0.176 e. The third-order valence-electron chi connectivity index (χ3n) is 9.00. The van der Waals surface area contributed by atoms with Gasteiger partial charge in [0.2, 0.25) is 0 Å². The number of aliphatic hydroxyl groups is 9. The van der Waals surface area contributed by atoms with Gasteiger partial charge in [-0.05, 0) is 19.3 Å². The summed E-state index contributed by atoms with van der Waals surface area (Å²) >= 11 is 0. The molecule has 0 aromatic heterocycles. The zero-order valence-corrected chi connectivity index (χ0v) is 25.9. The molecule has 46 heavy (non-hydrogen) atoms. The number of hydrogen-bond donors (Lipinski definition) is 12. The van der Waals surface area contributed by atoms with Gasteiger partial charge in [0.1, 0.15) is 60.7 Å². The molecule has 4 fully saturated rings. The Morgan fingerprint density at radius 2 is 1.26 bits per heavy atom. The van der Waals surface area contributed by atoms with Crippen LogP contribution < -0.4 is 17.2 Å². The summed E-state index contributed by atoms with van der Waals surface area (Å²) in [5.41, 5.74) is 17.6. The Kier molecular flexibility index (Phi) is 15.5. The number of nitrogens with two attached hydrogens (primary N) is 3. The standard InChI is InChI=1S/C18H35N3O13.C10H18O2/c19-7-12(27)14(5(2-23)30-16(7)29)33-18-9(21)13(28)15(6(3-24)32-18)34-17-8(20)11(26)10(25)4(1-22)31-17;1-2-3-6-9(11)8-5-4-7-10(8)12/h4-18,22-29H,1-3,19-21H2;8-9,11H,2-7H2,1H3/t4-,5-,6-,7-,8-,9-,10-,11-,12-,13-,14?,15?,16-,17+,18+;/m1./s1. The molecule has 0 spiro atoms. The molecule has 0 amide bonds. The summed E-state index contributed by atoms with van der Waals surface area (Å²) < 4.78 is 27.4. The number of ketones is 1. The molecule has 4 aliphatic rings. The predicted molar refractivity (Wildman–Crippen MR) is 155 cm³/mol. The number of carbonyl (C=O) groups excluding carboxylic acids is 1. The molecular weight excluding hydrogens is 618 g/mol. The molecule has 18 heteroatoms. The summed E-state index contributed by atoms with van der Waals surface area (Å²) in [6.07, 6.45) is -11.6. The Hall–Kier alpha value is -1.01. The van der Waals surface area contributed by atoms with Crippen LogP contribution in [0.1, 0.15) is 45.4 Å². The Balaban J connectivity index is 0.000000402. The molecule has 4 rings (SSSR count). The lowest BCUT2D eigenvalue weighted by Crippen LogP contribution is -2.69. The van der Waals surface area contributed by atoms with E-state index in [1.54, 1.807) is 0 Å². The van der Waals surface area contributed by atoms with Crippen LogP contribution in [0.25, 0.3) is 0 Å². The van der Waals surface area contributed by atoms with Crippen LogP contribution in [-0.4, -0.2) is 170 Å². The molecular formula is C28H53N3O15. The van der Waals surface area contributed by atoms with Crippen molar-refractivity contribution in [1.82, 2.24) is 0 Å². The van der Waals surface area contributed by atoms with Crippen LogP contribution in [0.5, 0.6) is 0 Å². The van der Waals surface area contributed by atoms with E-state index < -0.39 is 112 Å². The summed E-state index contributed by atoms with van der Waals surface area (Å²) in [5.74, 6) is 0.246. The van der Waals surface area contributed by atoms with Crippen LogP contribution in [0, 0.1) is 5.92 Å². The van der Waals surface area contributed by atoms with E-state index in [0.717, 1.165) is 32.1 Å². The zero-order chi connectivity index (χ0) is 34.3. The quantitative estimate of drug-likeness (QED) is 0.0973. The fraction of sp³-hybridized carbons (Fsp3) is 0.964. The van der Waals surface area contributed by atoms with E-state index in [-0.39, 0.29) is 17.8 Å². The van der Waals surface area contributed by atoms with Gasteiger partial charge >= 0.3 is 0 Å². The monoisotopic (exact) mass is 671 g/mol. The van der Waals surface area contributed by atoms with Gasteiger partial charge in [-0.15, -0.1) is 0 Å². The van der Waals surface area contributed by atoms with Crippen molar-refractivity contribution in [3.05, 3.63) is 0 Å². The lowest BCUT2D eigenvalue weighted by atomic mass is 9.94. The number of aliphatic hydroxyl groups excluding tert-OH is 9. The van der Waals surface area contributed by atoms with Crippen LogP contribution in [0.3, 0.4) is 0 Å². The maximum absolute atomic E-state index is 11.2. The molecule has 18 nitrogen and oxygen atoms in total. The highest BCUT2D eigenvalue weighted by molar-refractivity contribution is 5.83. The second-order valence-corrected chi connectivity index (χ2v) is 12.3. The van der Waals surface area contributed by atoms with Crippen molar-refractivity contribution < 1.29 is 74.4 Å². The topological polar surface area (TPSA) is 323 Å². The lowest BCUT2D eigenvalue weighted by Gasteiger charge is -2.48. The van der Waals surface area contributed by atoms with Crippen molar-refractivity contribution in [3.63, 3.8) is 0 Å². The number of Topliss-reactive ketones (excluding diaryl/α,β-unsaturated/α-hetero) is 1. The number of ether oxygens (including phenoxy) is 5. The first-order valence-electron chi connectivity index (χ1n) is 15.8. The average Bonchev–Trinajstić information content (AvgIpc) is 3.49. The van der Waals surface area contributed by atoms with Gasteiger partial charge in [0.25, 0.3) is 0 Å². The summed E-state index contributed by atoms with van der Waals surface area (Å²) in [7, 11) is 0. The number of rotatable bonds is 11. The fourth-order valence-electron chi connectivity index (χ4n) is 6.05. The number of hydrogen-bond acceptors (Lipinski definition) is 18. The van der Waals surface area contributed by atoms with Gasteiger partial charge in [0, 0.05) is 12.3 Å². The molecule has 0 aromatic carbocycles. The van der Waals surface area contributed by atoms with Gasteiger partial charge in [-0.2, -0.15) is 0 Å². The van der Waals surface area contributed by atoms with E-state index in [2.05, 4.69) is 6.92 Å². The van der Waals surface area contributed by atoms with E-state index >= 15 is 0 Å². The largest absolute Gasteiger partial charge is 0.394 e. The molecule has 1 saturated carbocycles. The summed E-state index contributed by atoms with van der Waals surface area (Å²) in [4.78, 5) is 11.2. The second kappa shape index (κ2) is 18.1. The fourth-order valence-corrected chi connectivity index (χ4v) is 6.05. The highest BCUT2D eigenvalue weighted by Crippen LogP contribution is 2.31. The molecule has 270 valence electrons. The van der Waals surface area contributed by atoms with Crippen molar-refractivity contribution in [2.45, 2.75) is 143 Å². The van der Waals surface area contributed by atoms with E-state index in [4.69, 9.17) is 40.9 Å². The van der Waals surface area contributed by atoms with Crippen molar-refractivity contribution >= 4 is 5.78 Å². The Morgan fingerprint density at radius 1 is 0.761 bits per heavy atom. The SMILES string of the molecule is CCCCC(O)C1CCCC1=O.N[C@H]1[C@H](OC2[C@@H](CO)O[C@@H](OC3[C@@H](CO)O[C@@H](O)[C@H](N)[C@H]3O)[C@H](N)[C@H]2O)O[C@H](CO)[C@@H](O)[C@@H]1O. The minimum Gasteiger partial charge on any atom is -0.394 e. The molecule has 0 bridgehead atoms. The first-order chi connectivity index (χ1) is 21.8. The van der Waals surface area contributed by atoms with E-state index in [0.29, 0.717) is 6.42 Å². The molecule has 17 atom stereocenters. The Labute approximate surface area is 266 Å². The van der Waals surface area contributed by atoms with Crippen molar-refractivity contribution in [1.29, 1.82) is 0 Å². The summed E-state index contributed by atoms with van der Waals surface area (Å²) in [6.45, 7) is 0.101. The molecule has 3 aliphatic heterocycles. The highest BCUT2D eigenvalue weighted by Gasteiger charge is 2.52. The maximum atomic E-state index is 11.2. The van der Waals surface area contributed by atoms with Gasteiger partial charge in [-0.25, -0.2) is 0 Å². The molecule has 1 aliphatic carbocycles. The van der Waals surface area contributed by atoms with E-state index in [9.17, 15) is 50.8 Å². The number of unbranched alkanes of at least 4 members (excludes halogenated alkanes) is 1. The van der Waals surface area contributed by atoms with Crippen molar-refractivity contribution in [2.75, 3.05) is 19.8 Å². The average molecular weight is 672 g/mol. The molecule has 0 aromatic rings. The molecule has 4 unspecified atom stereocenters. The zero-order valence-electron chi connectivity index (χ0n) is 25.9. The first kappa shape index (κ1) is 39.4. The van der Waals surface area contributed by atoms with Crippen molar-refractivity contribution in [2.24, 2.45) is 23.1 Å². The van der Waals surface area contributed by atoms with Gasteiger partial charge in [-0.1, -0.05) is 19.8 Å². The molecule has 15 N–H and O–H groups in total. The van der Waals surface area contributed by atoms with Crippen LogP contribution in [0.2, 0.25) is 0 Å². The van der Waals surface area contributed by atoms with E-state index in [1.165, 1.54) is 0 Å². The third-order valence-corrected chi connectivity index (χ3v) is 9.00. The lowest BCUT2D eigenvalue weighted by molar-refractivity contribution is -0.348. The van der Waals surface area contributed by atoms with Gasteiger partial charge in [0.05, 0.1) is 44.1 Å². The molecule has 3 saturated heterocycles. The van der Waals surface area contributed by atoms with Gasteiger partial charge in [-0.3, -0.25) is 4.79 Å². The second-order valence-electron chi connectivity index (χ2n) is 12.3. The summed E-state index contributed by atoms with van der Waals surface area (Å²) in [5, 5.41) is 89.3. The van der Waals surface area contributed by atoms with Crippen LogP contribution >= 0.6 is 0 Å². The van der Waals surface area contributed by atoms with E-state index in [1.807, 2.05) is 0 Å². The van der Waals surface area contributed by atoms with Crippen LogP contribution in [0.4, 0.5) is 0 Å². The minimum atomic E-state index is -1.56.